The summed E-state index contributed by atoms with van der Waals surface area (Å²) in [5.74, 6) is 1.51. The summed E-state index contributed by atoms with van der Waals surface area (Å²) in [6, 6.07) is 8.22. The second kappa shape index (κ2) is 8.81. The molecule has 3 heteroatoms. The van der Waals surface area contributed by atoms with Crippen LogP contribution in [0.25, 0.3) is 0 Å². The average molecular weight is 264 g/mol. The van der Waals surface area contributed by atoms with Gasteiger partial charge in [-0.3, -0.25) is 0 Å². The van der Waals surface area contributed by atoms with Crippen LogP contribution in [0, 0.1) is 5.92 Å². The van der Waals surface area contributed by atoms with Gasteiger partial charge in [-0.1, -0.05) is 27.7 Å². The Morgan fingerprint density at radius 3 is 2.26 bits per heavy atom. The van der Waals surface area contributed by atoms with Gasteiger partial charge in [-0.15, -0.1) is 0 Å². The number of hydrogen-bond acceptors (Lipinski definition) is 3. The second-order valence-electron chi connectivity index (χ2n) is 5.18. The Bertz CT molecular complexity index is 331. The first-order valence-corrected chi connectivity index (χ1v) is 7.34. The SMILES string of the molecule is CCN(CC)CCNc1ccc(OCC(C)C)cc1. The fourth-order valence-corrected chi connectivity index (χ4v) is 1.83. The summed E-state index contributed by atoms with van der Waals surface area (Å²) in [5, 5.41) is 3.44. The molecule has 0 aromatic heterocycles. The van der Waals surface area contributed by atoms with E-state index in [1.807, 2.05) is 12.1 Å². The van der Waals surface area contributed by atoms with Crippen molar-refractivity contribution in [2.24, 2.45) is 5.92 Å². The van der Waals surface area contributed by atoms with Crippen molar-refractivity contribution in [3.8, 4) is 5.75 Å². The number of ether oxygens (including phenoxy) is 1. The largest absolute Gasteiger partial charge is 0.493 e. The average Bonchev–Trinajstić information content (AvgIpc) is 2.42. The molecule has 0 atom stereocenters. The van der Waals surface area contributed by atoms with Crippen LogP contribution in [-0.2, 0) is 0 Å². The molecular formula is C16H28N2O. The monoisotopic (exact) mass is 264 g/mol. The number of hydrogen-bond donors (Lipinski definition) is 1. The van der Waals surface area contributed by atoms with Gasteiger partial charge >= 0.3 is 0 Å². The zero-order valence-corrected chi connectivity index (χ0v) is 12.8. The number of likely N-dealkylation sites (N-methyl/N-ethyl adjacent to an activating group) is 1. The first-order chi connectivity index (χ1) is 9.15. The van der Waals surface area contributed by atoms with E-state index < -0.39 is 0 Å². The zero-order valence-electron chi connectivity index (χ0n) is 12.8. The predicted molar refractivity (Wildman–Crippen MR) is 83.1 cm³/mol. The highest BCUT2D eigenvalue weighted by Gasteiger charge is 2.00. The van der Waals surface area contributed by atoms with E-state index in [1.165, 1.54) is 0 Å². The van der Waals surface area contributed by atoms with E-state index in [0.717, 1.165) is 44.2 Å². The van der Waals surface area contributed by atoms with E-state index in [4.69, 9.17) is 4.74 Å². The van der Waals surface area contributed by atoms with E-state index in [0.29, 0.717) is 5.92 Å². The van der Waals surface area contributed by atoms with Crippen molar-refractivity contribution in [2.45, 2.75) is 27.7 Å². The number of anilines is 1. The molecule has 1 rings (SSSR count). The van der Waals surface area contributed by atoms with Crippen molar-refractivity contribution in [1.82, 2.24) is 4.90 Å². The number of rotatable bonds is 9. The topological polar surface area (TPSA) is 24.5 Å². The molecule has 108 valence electrons. The fraction of sp³-hybridized carbons (Fsp3) is 0.625. The van der Waals surface area contributed by atoms with Gasteiger partial charge in [-0.25, -0.2) is 0 Å². The second-order valence-corrected chi connectivity index (χ2v) is 5.18. The molecule has 0 saturated heterocycles. The molecule has 0 heterocycles. The van der Waals surface area contributed by atoms with Crippen LogP contribution in [0.15, 0.2) is 24.3 Å². The van der Waals surface area contributed by atoms with Gasteiger partial charge in [0, 0.05) is 18.8 Å². The minimum absolute atomic E-state index is 0.562. The maximum Gasteiger partial charge on any atom is 0.119 e. The molecule has 0 spiro atoms. The Balaban J connectivity index is 2.31. The van der Waals surface area contributed by atoms with Crippen LogP contribution < -0.4 is 10.1 Å². The third kappa shape index (κ3) is 6.48. The highest BCUT2D eigenvalue weighted by Crippen LogP contribution is 2.16. The molecule has 19 heavy (non-hydrogen) atoms. The van der Waals surface area contributed by atoms with Crippen LogP contribution in [0.3, 0.4) is 0 Å². The number of nitrogens with one attached hydrogen (secondary N) is 1. The smallest absolute Gasteiger partial charge is 0.119 e. The van der Waals surface area contributed by atoms with Crippen molar-refractivity contribution in [1.29, 1.82) is 0 Å². The predicted octanol–water partition coefficient (Wildman–Crippen LogP) is 3.48. The van der Waals surface area contributed by atoms with Crippen LogP contribution in [0.1, 0.15) is 27.7 Å². The lowest BCUT2D eigenvalue weighted by Crippen LogP contribution is -2.28. The summed E-state index contributed by atoms with van der Waals surface area (Å²) in [6.45, 7) is 13.8. The molecule has 3 nitrogen and oxygen atoms in total. The van der Waals surface area contributed by atoms with Gasteiger partial charge in [0.25, 0.3) is 0 Å². The first kappa shape index (κ1) is 15.8. The van der Waals surface area contributed by atoms with Crippen LogP contribution >= 0.6 is 0 Å². The highest BCUT2D eigenvalue weighted by molar-refractivity contribution is 5.46. The normalized spacial score (nSPS) is 11.1. The van der Waals surface area contributed by atoms with Gasteiger partial charge in [0.05, 0.1) is 6.61 Å². The van der Waals surface area contributed by atoms with Gasteiger partial charge in [0.15, 0.2) is 0 Å². The number of benzene rings is 1. The lowest BCUT2D eigenvalue weighted by Gasteiger charge is -2.18. The lowest BCUT2D eigenvalue weighted by atomic mass is 10.2. The summed E-state index contributed by atoms with van der Waals surface area (Å²) in [7, 11) is 0. The standard InChI is InChI=1S/C16H28N2O/c1-5-18(6-2)12-11-17-15-7-9-16(10-8-15)19-13-14(3)4/h7-10,14,17H,5-6,11-13H2,1-4H3. The molecular weight excluding hydrogens is 236 g/mol. The summed E-state index contributed by atoms with van der Waals surface area (Å²) in [4.78, 5) is 2.41. The molecule has 1 aromatic rings. The zero-order chi connectivity index (χ0) is 14.1. The van der Waals surface area contributed by atoms with E-state index >= 15 is 0 Å². The van der Waals surface area contributed by atoms with Gasteiger partial charge in [-0.05, 0) is 43.3 Å². The molecule has 0 unspecified atom stereocenters. The maximum atomic E-state index is 5.66. The van der Waals surface area contributed by atoms with Crippen LogP contribution in [0.4, 0.5) is 5.69 Å². The molecule has 0 radical (unpaired) electrons. The van der Waals surface area contributed by atoms with Crippen molar-refractivity contribution in [3.05, 3.63) is 24.3 Å². The summed E-state index contributed by atoms with van der Waals surface area (Å²) in [6.07, 6.45) is 0. The molecule has 0 saturated carbocycles. The van der Waals surface area contributed by atoms with E-state index in [1.54, 1.807) is 0 Å². The highest BCUT2D eigenvalue weighted by atomic mass is 16.5. The van der Waals surface area contributed by atoms with Gasteiger partial charge in [-0.2, -0.15) is 0 Å². The van der Waals surface area contributed by atoms with Gasteiger partial charge in [0.1, 0.15) is 5.75 Å². The minimum atomic E-state index is 0.562. The molecule has 0 aliphatic carbocycles. The first-order valence-electron chi connectivity index (χ1n) is 7.34. The van der Waals surface area contributed by atoms with E-state index in [-0.39, 0.29) is 0 Å². The quantitative estimate of drug-likeness (QED) is 0.739. The van der Waals surface area contributed by atoms with Crippen molar-refractivity contribution in [3.63, 3.8) is 0 Å². The Morgan fingerprint density at radius 1 is 1.11 bits per heavy atom. The lowest BCUT2D eigenvalue weighted by molar-refractivity contribution is 0.271. The van der Waals surface area contributed by atoms with Crippen LogP contribution in [-0.4, -0.2) is 37.7 Å². The Labute approximate surface area is 118 Å². The Morgan fingerprint density at radius 2 is 1.74 bits per heavy atom. The Kier molecular flexibility index (Phi) is 7.34. The molecule has 0 aliphatic heterocycles. The third-order valence-electron chi connectivity index (χ3n) is 3.09. The van der Waals surface area contributed by atoms with Crippen molar-refractivity contribution in [2.75, 3.05) is 38.1 Å². The van der Waals surface area contributed by atoms with E-state index in [9.17, 15) is 0 Å². The molecule has 0 fully saturated rings. The van der Waals surface area contributed by atoms with Gasteiger partial charge < -0.3 is 15.0 Å². The molecule has 0 amide bonds. The van der Waals surface area contributed by atoms with Gasteiger partial charge in [0.2, 0.25) is 0 Å². The van der Waals surface area contributed by atoms with E-state index in [2.05, 4.69) is 50.0 Å². The minimum Gasteiger partial charge on any atom is -0.493 e. The summed E-state index contributed by atoms with van der Waals surface area (Å²) >= 11 is 0. The fourth-order valence-electron chi connectivity index (χ4n) is 1.83. The van der Waals surface area contributed by atoms with Crippen LogP contribution in [0.2, 0.25) is 0 Å². The Hall–Kier alpha value is -1.22. The molecule has 1 aromatic carbocycles. The van der Waals surface area contributed by atoms with Crippen molar-refractivity contribution < 1.29 is 4.74 Å². The summed E-state index contributed by atoms with van der Waals surface area (Å²) in [5.41, 5.74) is 1.16. The molecule has 0 bridgehead atoms. The molecule has 0 aliphatic rings. The third-order valence-corrected chi connectivity index (χ3v) is 3.09. The van der Waals surface area contributed by atoms with Crippen LogP contribution in [0.5, 0.6) is 5.75 Å². The van der Waals surface area contributed by atoms with Crippen molar-refractivity contribution >= 4 is 5.69 Å². The maximum absolute atomic E-state index is 5.66. The molecule has 1 N–H and O–H groups in total. The number of nitrogens with zero attached hydrogens (tertiary/aromatic N) is 1. The summed E-state index contributed by atoms with van der Waals surface area (Å²) < 4.78 is 5.66.